The summed E-state index contributed by atoms with van der Waals surface area (Å²) in [6, 6.07) is 33.5. The highest BCUT2D eigenvalue weighted by atomic mass is 16.2. The molecule has 2 aliphatic rings. The molecule has 0 saturated carbocycles. The largest absolute Gasteiger partial charge is 0.354 e. The number of piperidine rings is 1. The highest BCUT2D eigenvalue weighted by molar-refractivity contribution is 6.37. The first-order valence-electron chi connectivity index (χ1n) is 14.7. The maximum Gasteiger partial charge on any atom is 0.258 e. The van der Waals surface area contributed by atoms with E-state index >= 15 is 0 Å². The lowest BCUT2D eigenvalue weighted by atomic mass is 9.98. The molecule has 6 heteroatoms. The standard InChI is InChI=1S/C36H36N4O2/c1-25(27-11-5-2-6-12-27)37-35(41)29-17-20-31-32(23-29)39-36(42)33(31)34(28-13-7-3-8-14-28)38-30-18-15-26(16-19-30)24-40-21-9-4-10-22-40/h2-3,5-8,11-20,23,25,38H,4,9-10,21-22,24H2,1H3,(H,37,41)(H,39,42)/b34-33-/t25-/m1/s1. The summed E-state index contributed by atoms with van der Waals surface area (Å²) in [7, 11) is 0. The van der Waals surface area contributed by atoms with Crippen LogP contribution in [0.4, 0.5) is 11.4 Å². The number of carbonyl (C=O) groups excluding carboxylic acids is 2. The van der Waals surface area contributed by atoms with Gasteiger partial charge in [0.05, 0.1) is 17.3 Å². The monoisotopic (exact) mass is 556 g/mol. The van der Waals surface area contributed by atoms with Gasteiger partial charge in [0, 0.05) is 29.0 Å². The lowest BCUT2D eigenvalue weighted by molar-refractivity contribution is -0.110. The summed E-state index contributed by atoms with van der Waals surface area (Å²) >= 11 is 0. The van der Waals surface area contributed by atoms with Gasteiger partial charge in [-0.25, -0.2) is 0 Å². The van der Waals surface area contributed by atoms with Crippen LogP contribution in [-0.2, 0) is 11.3 Å². The second kappa shape index (κ2) is 12.5. The molecule has 4 aromatic rings. The van der Waals surface area contributed by atoms with Crippen LogP contribution >= 0.6 is 0 Å². The fourth-order valence-electron chi connectivity index (χ4n) is 5.76. The van der Waals surface area contributed by atoms with E-state index in [1.807, 2.05) is 73.7 Å². The SMILES string of the molecule is C[C@@H](NC(=O)c1ccc2c(c1)NC(=O)/C2=C(\Nc1ccc(CN2CCCCC2)cc1)c1ccccc1)c1ccccc1. The van der Waals surface area contributed by atoms with Crippen LogP contribution < -0.4 is 16.0 Å². The highest BCUT2D eigenvalue weighted by Crippen LogP contribution is 2.38. The van der Waals surface area contributed by atoms with Crippen LogP contribution in [0.1, 0.15) is 64.8 Å². The highest BCUT2D eigenvalue weighted by Gasteiger charge is 2.29. The Morgan fingerprint density at radius 3 is 2.24 bits per heavy atom. The summed E-state index contributed by atoms with van der Waals surface area (Å²) in [6.07, 6.45) is 3.88. The summed E-state index contributed by atoms with van der Waals surface area (Å²) in [4.78, 5) is 29.0. The van der Waals surface area contributed by atoms with Gasteiger partial charge in [0.25, 0.3) is 11.8 Å². The van der Waals surface area contributed by atoms with Crippen molar-refractivity contribution in [3.8, 4) is 0 Å². The maximum absolute atomic E-state index is 13.4. The predicted octanol–water partition coefficient (Wildman–Crippen LogP) is 7.10. The Morgan fingerprint density at radius 1 is 0.833 bits per heavy atom. The molecule has 0 spiro atoms. The van der Waals surface area contributed by atoms with Crippen molar-refractivity contribution in [3.05, 3.63) is 131 Å². The molecule has 0 unspecified atom stereocenters. The summed E-state index contributed by atoms with van der Waals surface area (Å²) in [5.74, 6) is -0.389. The molecule has 1 fully saturated rings. The van der Waals surface area contributed by atoms with E-state index in [0.717, 1.165) is 47.7 Å². The van der Waals surface area contributed by atoms with Crippen molar-refractivity contribution < 1.29 is 9.59 Å². The summed E-state index contributed by atoms with van der Waals surface area (Å²) < 4.78 is 0. The molecular formula is C36H36N4O2. The van der Waals surface area contributed by atoms with Gasteiger partial charge in [-0.05, 0) is 73.8 Å². The number of nitrogens with one attached hydrogen (secondary N) is 3. The van der Waals surface area contributed by atoms with Crippen LogP contribution in [0.2, 0.25) is 0 Å². The number of nitrogens with zero attached hydrogens (tertiary/aromatic N) is 1. The van der Waals surface area contributed by atoms with Crippen LogP contribution in [0.3, 0.4) is 0 Å². The molecule has 0 aliphatic carbocycles. The van der Waals surface area contributed by atoms with Gasteiger partial charge in [0.2, 0.25) is 0 Å². The Kier molecular flexibility index (Phi) is 8.15. The van der Waals surface area contributed by atoms with E-state index in [4.69, 9.17) is 0 Å². The Bertz CT molecular complexity index is 1590. The van der Waals surface area contributed by atoms with E-state index in [0.29, 0.717) is 16.8 Å². The molecule has 2 amide bonds. The number of fused-ring (bicyclic) bond motifs is 1. The fraction of sp³-hybridized carbons (Fsp3) is 0.222. The van der Waals surface area contributed by atoms with Gasteiger partial charge in [-0.1, -0.05) is 85.3 Å². The van der Waals surface area contributed by atoms with Crippen LogP contribution in [-0.4, -0.2) is 29.8 Å². The number of anilines is 2. The first kappa shape index (κ1) is 27.5. The first-order chi connectivity index (χ1) is 20.5. The zero-order chi connectivity index (χ0) is 28.9. The van der Waals surface area contributed by atoms with Crippen molar-refractivity contribution in [1.29, 1.82) is 0 Å². The molecule has 6 rings (SSSR count). The molecule has 1 saturated heterocycles. The molecule has 2 heterocycles. The number of hydrogen-bond acceptors (Lipinski definition) is 4. The van der Waals surface area contributed by atoms with Crippen molar-refractivity contribution >= 4 is 34.5 Å². The molecule has 1 atom stereocenters. The van der Waals surface area contributed by atoms with Crippen LogP contribution in [0, 0.1) is 0 Å². The van der Waals surface area contributed by atoms with Gasteiger partial charge >= 0.3 is 0 Å². The van der Waals surface area contributed by atoms with E-state index in [2.05, 4.69) is 45.1 Å². The number of rotatable bonds is 8. The Morgan fingerprint density at radius 2 is 1.52 bits per heavy atom. The third-order valence-corrected chi connectivity index (χ3v) is 8.06. The Hall–Kier alpha value is -4.68. The molecular weight excluding hydrogens is 520 g/mol. The van der Waals surface area contributed by atoms with Gasteiger partial charge in [0.1, 0.15) is 0 Å². The topological polar surface area (TPSA) is 73.5 Å². The van der Waals surface area contributed by atoms with E-state index in [9.17, 15) is 9.59 Å². The van der Waals surface area contributed by atoms with Crippen molar-refractivity contribution in [2.45, 2.75) is 38.8 Å². The predicted molar refractivity (Wildman–Crippen MR) is 170 cm³/mol. The Labute approximate surface area is 247 Å². The minimum atomic E-state index is -0.201. The lowest BCUT2D eigenvalue weighted by Gasteiger charge is -2.26. The minimum absolute atomic E-state index is 0.142. The smallest absolute Gasteiger partial charge is 0.258 e. The lowest BCUT2D eigenvalue weighted by Crippen LogP contribution is -2.29. The molecule has 3 N–H and O–H groups in total. The summed E-state index contributed by atoms with van der Waals surface area (Å²) in [6.45, 7) is 5.24. The number of likely N-dealkylation sites (tertiary alicyclic amines) is 1. The van der Waals surface area contributed by atoms with Gasteiger partial charge in [0.15, 0.2) is 0 Å². The van der Waals surface area contributed by atoms with Gasteiger partial charge in [-0.3, -0.25) is 14.5 Å². The average molecular weight is 557 g/mol. The molecule has 6 nitrogen and oxygen atoms in total. The number of hydrogen-bond donors (Lipinski definition) is 3. The zero-order valence-corrected chi connectivity index (χ0v) is 23.9. The molecule has 0 radical (unpaired) electrons. The van der Waals surface area contributed by atoms with E-state index < -0.39 is 0 Å². The fourth-order valence-corrected chi connectivity index (χ4v) is 5.76. The number of amides is 2. The third kappa shape index (κ3) is 6.14. The van der Waals surface area contributed by atoms with E-state index in [-0.39, 0.29) is 17.9 Å². The number of benzene rings is 4. The van der Waals surface area contributed by atoms with Crippen LogP contribution in [0.25, 0.3) is 11.3 Å². The van der Waals surface area contributed by atoms with Gasteiger partial charge in [-0.2, -0.15) is 0 Å². The summed E-state index contributed by atoms with van der Waals surface area (Å²) in [5.41, 5.74) is 7.31. The van der Waals surface area contributed by atoms with Crippen LogP contribution in [0.15, 0.2) is 103 Å². The van der Waals surface area contributed by atoms with Crippen molar-refractivity contribution in [3.63, 3.8) is 0 Å². The molecule has 42 heavy (non-hydrogen) atoms. The molecule has 2 aliphatic heterocycles. The number of carbonyl (C=O) groups is 2. The zero-order valence-electron chi connectivity index (χ0n) is 23.9. The van der Waals surface area contributed by atoms with Gasteiger partial charge in [-0.15, -0.1) is 0 Å². The normalized spacial score (nSPS) is 16.7. The summed E-state index contributed by atoms with van der Waals surface area (Å²) in [5, 5.41) is 9.60. The molecule has 0 aromatic heterocycles. The second-order valence-electron chi connectivity index (χ2n) is 11.1. The van der Waals surface area contributed by atoms with Crippen molar-refractivity contribution in [1.82, 2.24) is 10.2 Å². The molecule has 0 bridgehead atoms. The van der Waals surface area contributed by atoms with E-state index in [1.54, 1.807) is 12.1 Å². The maximum atomic E-state index is 13.4. The van der Waals surface area contributed by atoms with Gasteiger partial charge < -0.3 is 16.0 Å². The molecule has 212 valence electrons. The van der Waals surface area contributed by atoms with E-state index in [1.165, 1.54) is 24.8 Å². The van der Waals surface area contributed by atoms with Crippen LogP contribution in [0.5, 0.6) is 0 Å². The quantitative estimate of drug-likeness (QED) is 0.203. The average Bonchev–Trinajstić information content (AvgIpc) is 3.36. The first-order valence-corrected chi connectivity index (χ1v) is 14.7. The van der Waals surface area contributed by atoms with Crippen molar-refractivity contribution in [2.75, 3.05) is 23.7 Å². The molecule has 4 aromatic carbocycles. The third-order valence-electron chi connectivity index (χ3n) is 8.06. The minimum Gasteiger partial charge on any atom is -0.354 e. The second-order valence-corrected chi connectivity index (χ2v) is 11.1. The van der Waals surface area contributed by atoms with Crippen molar-refractivity contribution in [2.24, 2.45) is 0 Å². The Balaban J connectivity index is 1.27.